The van der Waals surface area contributed by atoms with Crippen molar-refractivity contribution in [3.05, 3.63) is 23.0 Å². The van der Waals surface area contributed by atoms with Crippen molar-refractivity contribution < 1.29 is 12.8 Å². The molecule has 0 heterocycles. The summed E-state index contributed by atoms with van der Waals surface area (Å²) in [7, 11) is -2.29. The van der Waals surface area contributed by atoms with Gasteiger partial charge >= 0.3 is 0 Å². The van der Waals surface area contributed by atoms with E-state index in [1.807, 2.05) is 13.8 Å². The predicted molar refractivity (Wildman–Crippen MR) is 75.1 cm³/mol. The van der Waals surface area contributed by atoms with Gasteiger partial charge in [0, 0.05) is 13.1 Å². The first-order chi connectivity index (χ1) is 8.75. The van der Waals surface area contributed by atoms with E-state index >= 15 is 0 Å². The first-order valence-corrected chi connectivity index (χ1v) is 7.80. The molecule has 0 aliphatic heterocycles. The zero-order chi connectivity index (χ0) is 14.8. The van der Waals surface area contributed by atoms with E-state index in [4.69, 9.17) is 17.3 Å². The summed E-state index contributed by atoms with van der Waals surface area (Å²) in [5.74, 6) is -0.728. The van der Waals surface area contributed by atoms with Crippen LogP contribution in [-0.4, -0.2) is 25.8 Å². The second-order valence-corrected chi connectivity index (χ2v) is 6.67. The summed E-state index contributed by atoms with van der Waals surface area (Å²) < 4.78 is 39.4. The van der Waals surface area contributed by atoms with Crippen LogP contribution in [0.2, 0.25) is 5.02 Å². The number of nitrogen functional groups attached to an aromatic ring is 1. The molecular formula is C12H18ClFN2O2S. The fourth-order valence-electron chi connectivity index (χ4n) is 1.90. The van der Waals surface area contributed by atoms with Gasteiger partial charge in [0.25, 0.3) is 0 Å². The lowest BCUT2D eigenvalue weighted by atomic mass is 10.2. The molecule has 1 rings (SSSR count). The molecular weight excluding hydrogens is 291 g/mol. The maximum Gasteiger partial charge on any atom is 0.244 e. The predicted octanol–water partition coefficient (Wildman–Crippen LogP) is 2.87. The molecule has 0 atom stereocenters. The average Bonchev–Trinajstić information content (AvgIpc) is 2.34. The number of nitrogens with two attached hydrogens (primary N) is 1. The normalized spacial score (nSPS) is 12.4. The summed E-state index contributed by atoms with van der Waals surface area (Å²) in [6, 6.07) is 1.85. The topological polar surface area (TPSA) is 63.4 Å². The first kappa shape index (κ1) is 16.2. The van der Waals surface area contributed by atoms with Crippen LogP contribution in [0, 0.1) is 5.82 Å². The Balaban J connectivity index is 3.31. The zero-order valence-electron chi connectivity index (χ0n) is 11.2. The number of sulfonamides is 1. The Morgan fingerprint density at radius 3 is 2.37 bits per heavy atom. The summed E-state index contributed by atoms with van der Waals surface area (Å²) in [5.41, 5.74) is 5.18. The van der Waals surface area contributed by atoms with Gasteiger partial charge in [-0.05, 0) is 25.0 Å². The molecule has 0 radical (unpaired) electrons. The molecule has 0 aliphatic carbocycles. The maximum absolute atomic E-state index is 13.2. The van der Waals surface area contributed by atoms with E-state index in [2.05, 4.69) is 0 Å². The van der Waals surface area contributed by atoms with E-state index in [0.717, 1.165) is 12.1 Å². The number of halogens is 2. The molecule has 1 aromatic rings. The van der Waals surface area contributed by atoms with Gasteiger partial charge in [-0.1, -0.05) is 25.4 Å². The molecule has 19 heavy (non-hydrogen) atoms. The van der Waals surface area contributed by atoms with Gasteiger partial charge in [-0.15, -0.1) is 0 Å². The third-order valence-electron chi connectivity index (χ3n) is 3.16. The Labute approximate surface area is 118 Å². The van der Waals surface area contributed by atoms with Gasteiger partial charge in [-0.2, -0.15) is 4.31 Å². The fraction of sp³-hybridized carbons (Fsp3) is 0.500. The van der Waals surface area contributed by atoms with Crippen LogP contribution in [0.5, 0.6) is 0 Å². The van der Waals surface area contributed by atoms with Crippen molar-refractivity contribution in [2.45, 2.75) is 37.6 Å². The third-order valence-corrected chi connectivity index (χ3v) is 5.54. The second kappa shape index (κ2) is 6.07. The smallest absolute Gasteiger partial charge is 0.244 e. The van der Waals surface area contributed by atoms with E-state index in [0.29, 0.717) is 12.8 Å². The van der Waals surface area contributed by atoms with Crippen LogP contribution >= 0.6 is 11.6 Å². The minimum atomic E-state index is -3.78. The van der Waals surface area contributed by atoms with Gasteiger partial charge in [-0.25, -0.2) is 12.8 Å². The second-order valence-electron chi connectivity index (χ2n) is 4.30. The molecule has 0 aromatic heterocycles. The summed E-state index contributed by atoms with van der Waals surface area (Å²) in [6.07, 6.45) is 1.36. The van der Waals surface area contributed by atoms with E-state index < -0.39 is 15.8 Å². The highest BCUT2D eigenvalue weighted by molar-refractivity contribution is 7.89. The van der Waals surface area contributed by atoms with Crippen molar-refractivity contribution >= 4 is 27.3 Å². The van der Waals surface area contributed by atoms with Crippen molar-refractivity contribution in [1.82, 2.24) is 4.31 Å². The highest BCUT2D eigenvalue weighted by Gasteiger charge is 2.28. The highest BCUT2D eigenvalue weighted by Crippen LogP contribution is 2.29. The van der Waals surface area contributed by atoms with Gasteiger partial charge in [0.2, 0.25) is 10.0 Å². The molecule has 0 fully saturated rings. The van der Waals surface area contributed by atoms with Crippen LogP contribution in [0.3, 0.4) is 0 Å². The molecule has 0 aliphatic rings. The molecule has 0 spiro atoms. The summed E-state index contributed by atoms with van der Waals surface area (Å²) in [6.45, 7) is 3.81. The number of hydrogen-bond acceptors (Lipinski definition) is 3. The van der Waals surface area contributed by atoms with Crippen LogP contribution in [0.1, 0.15) is 26.7 Å². The van der Waals surface area contributed by atoms with Crippen LogP contribution in [0.15, 0.2) is 17.0 Å². The fourth-order valence-corrected chi connectivity index (χ4v) is 3.92. The summed E-state index contributed by atoms with van der Waals surface area (Å²) >= 11 is 5.82. The van der Waals surface area contributed by atoms with E-state index in [-0.39, 0.29) is 21.6 Å². The standard InChI is InChI=1S/C12H18ClFN2O2S/c1-4-8(5-2)16(3)19(17,18)12-7-11(15)10(14)6-9(12)13/h6-8H,4-5,15H2,1-3H3. The first-order valence-electron chi connectivity index (χ1n) is 5.98. The van der Waals surface area contributed by atoms with Crippen molar-refractivity contribution in [2.75, 3.05) is 12.8 Å². The third kappa shape index (κ3) is 3.19. The lowest BCUT2D eigenvalue weighted by Gasteiger charge is -2.26. The summed E-state index contributed by atoms with van der Waals surface area (Å²) in [4.78, 5) is -0.164. The van der Waals surface area contributed by atoms with Gasteiger partial charge in [0.15, 0.2) is 0 Å². The summed E-state index contributed by atoms with van der Waals surface area (Å²) in [5, 5.41) is -0.162. The van der Waals surface area contributed by atoms with Crippen molar-refractivity contribution in [2.24, 2.45) is 0 Å². The largest absolute Gasteiger partial charge is 0.396 e. The Morgan fingerprint density at radius 2 is 1.89 bits per heavy atom. The molecule has 0 saturated carbocycles. The van der Waals surface area contributed by atoms with Crippen LogP contribution in [0.25, 0.3) is 0 Å². The number of rotatable bonds is 5. The Hall–Kier alpha value is -0.850. The van der Waals surface area contributed by atoms with Crippen LogP contribution in [0.4, 0.5) is 10.1 Å². The van der Waals surface area contributed by atoms with Crippen LogP contribution < -0.4 is 5.73 Å². The number of nitrogens with zero attached hydrogens (tertiary/aromatic N) is 1. The van der Waals surface area contributed by atoms with Gasteiger partial charge in [0.05, 0.1) is 10.7 Å². The van der Waals surface area contributed by atoms with Crippen molar-refractivity contribution in [1.29, 1.82) is 0 Å². The zero-order valence-corrected chi connectivity index (χ0v) is 12.7. The Bertz CT molecular complexity index is 559. The van der Waals surface area contributed by atoms with E-state index in [1.165, 1.54) is 11.4 Å². The Kier molecular flexibility index (Phi) is 5.18. The number of hydrogen-bond donors (Lipinski definition) is 1. The van der Waals surface area contributed by atoms with Gasteiger partial charge < -0.3 is 5.73 Å². The lowest BCUT2D eigenvalue weighted by molar-refractivity contribution is 0.349. The van der Waals surface area contributed by atoms with E-state index in [1.54, 1.807) is 0 Å². The number of anilines is 1. The molecule has 0 unspecified atom stereocenters. The monoisotopic (exact) mass is 308 g/mol. The number of benzene rings is 1. The SMILES string of the molecule is CCC(CC)N(C)S(=O)(=O)c1cc(N)c(F)cc1Cl. The van der Waals surface area contributed by atoms with Crippen LogP contribution in [-0.2, 0) is 10.0 Å². The molecule has 4 nitrogen and oxygen atoms in total. The molecule has 0 amide bonds. The van der Waals surface area contributed by atoms with Crippen molar-refractivity contribution in [3.63, 3.8) is 0 Å². The average molecular weight is 309 g/mol. The molecule has 0 bridgehead atoms. The Morgan fingerprint density at radius 1 is 1.37 bits per heavy atom. The molecule has 108 valence electrons. The van der Waals surface area contributed by atoms with Crippen molar-refractivity contribution in [3.8, 4) is 0 Å². The van der Waals surface area contributed by atoms with Gasteiger partial charge in [0.1, 0.15) is 10.7 Å². The molecule has 1 aromatic carbocycles. The minimum absolute atomic E-state index is 0.132. The maximum atomic E-state index is 13.2. The van der Waals surface area contributed by atoms with E-state index in [9.17, 15) is 12.8 Å². The van der Waals surface area contributed by atoms with Gasteiger partial charge in [-0.3, -0.25) is 0 Å². The molecule has 2 N–H and O–H groups in total. The molecule has 7 heteroatoms. The molecule has 0 saturated heterocycles. The highest BCUT2D eigenvalue weighted by atomic mass is 35.5. The quantitative estimate of drug-likeness (QED) is 0.851. The minimum Gasteiger partial charge on any atom is -0.396 e. The lowest BCUT2D eigenvalue weighted by Crippen LogP contribution is -2.36.